The standard InChI is InChI=1S/C20H20F3N5O3S/c1-11-5-12(15-9-26-18(32-15)17(30)25-8-14(29)10-31-2)7-13(6-11)27-19-24-4-3-16(28-19)20(21,22)23/h3-7,9,14,29H,8,10H2,1-2H3,(H,25,30)(H,24,27,28). The molecule has 0 fully saturated rings. The van der Waals surface area contributed by atoms with Gasteiger partial charge in [0.25, 0.3) is 5.91 Å². The molecule has 0 saturated carbocycles. The first-order valence-corrected chi connectivity index (χ1v) is 10.2. The molecule has 3 N–H and O–H groups in total. The Balaban J connectivity index is 1.76. The lowest BCUT2D eigenvalue weighted by Gasteiger charge is -2.10. The topological polar surface area (TPSA) is 109 Å². The highest BCUT2D eigenvalue weighted by molar-refractivity contribution is 7.17. The van der Waals surface area contributed by atoms with Crippen LogP contribution in [0.4, 0.5) is 24.8 Å². The number of benzene rings is 1. The molecule has 2 aromatic heterocycles. The Labute approximate surface area is 185 Å². The normalized spacial score (nSPS) is 12.4. The van der Waals surface area contributed by atoms with Crippen molar-refractivity contribution in [3.63, 3.8) is 0 Å². The Kier molecular flexibility index (Phi) is 7.38. The van der Waals surface area contributed by atoms with Gasteiger partial charge in [-0.3, -0.25) is 4.79 Å². The molecule has 0 aliphatic heterocycles. The molecule has 170 valence electrons. The zero-order valence-electron chi connectivity index (χ0n) is 17.1. The van der Waals surface area contributed by atoms with E-state index in [1.54, 1.807) is 12.1 Å². The van der Waals surface area contributed by atoms with Crippen molar-refractivity contribution >= 4 is 28.9 Å². The highest BCUT2D eigenvalue weighted by Crippen LogP contribution is 2.31. The van der Waals surface area contributed by atoms with Gasteiger partial charge in [0.05, 0.1) is 17.6 Å². The number of methoxy groups -OCH3 is 1. The first-order chi connectivity index (χ1) is 15.2. The first-order valence-electron chi connectivity index (χ1n) is 9.36. The van der Waals surface area contributed by atoms with E-state index in [0.29, 0.717) is 10.6 Å². The Bertz CT molecular complexity index is 1090. The van der Waals surface area contributed by atoms with Gasteiger partial charge in [-0.1, -0.05) is 6.07 Å². The van der Waals surface area contributed by atoms with Gasteiger partial charge >= 0.3 is 6.18 Å². The number of ether oxygens (including phenoxy) is 1. The molecule has 0 aliphatic rings. The molecule has 0 bridgehead atoms. The van der Waals surface area contributed by atoms with Crippen LogP contribution in [-0.4, -0.2) is 52.3 Å². The van der Waals surface area contributed by atoms with Crippen LogP contribution < -0.4 is 10.6 Å². The number of anilines is 2. The van der Waals surface area contributed by atoms with E-state index in [2.05, 4.69) is 25.6 Å². The van der Waals surface area contributed by atoms with E-state index in [9.17, 15) is 23.1 Å². The number of carbonyl (C=O) groups is 1. The van der Waals surface area contributed by atoms with E-state index in [1.807, 2.05) is 13.0 Å². The van der Waals surface area contributed by atoms with Gasteiger partial charge in [-0.2, -0.15) is 13.2 Å². The highest BCUT2D eigenvalue weighted by Gasteiger charge is 2.32. The molecule has 0 aliphatic carbocycles. The molecule has 0 spiro atoms. The van der Waals surface area contributed by atoms with Gasteiger partial charge in [-0.25, -0.2) is 15.0 Å². The zero-order chi connectivity index (χ0) is 23.3. The maximum atomic E-state index is 12.9. The number of rotatable bonds is 8. The molecule has 0 radical (unpaired) electrons. The number of aliphatic hydroxyl groups is 1. The molecule has 8 nitrogen and oxygen atoms in total. The van der Waals surface area contributed by atoms with Gasteiger partial charge < -0.3 is 20.5 Å². The summed E-state index contributed by atoms with van der Waals surface area (Å²) in [5.74, 6) is -0.616. The fraction of sp³-hybridized carbons (Fsp3) is 0.300. The summed E-state index contributed by atoms with van der Waals surface area (Å²) in [6, 6.07) is 6.09. The molecular weight excluding hydrogens is 447 g/mol. The number of nitrogens with zero attached hydrogens (tertiary/aromatic N) is 3. The molecule has 1 unspecified atom stereocenters. The first kappa shape index (κ1) is 23.6. The summed E-state index contributed by atoms with van der Waals surface area (Å²) < 4.78 is 43.5. The molecule has 12 heteroatoms. The third-order valence-electron chi connectivity index (χ3n) is 4.12. The maximum absolute atomic E-state index is 12.9. The van der Waals surface area contributed by atoms with Gasteiger partial charge in [0, 0.05) is 31.7 Å². The summed E-state index contributed by atoms with van der Waals surface area (Å²) >= 11 is 1.14. The number of alkyl halides is 3. The van der Waals surface area contributed by atoms with Crippen molar-refractivity contribution in [2.75, 3.05) is 25.6 Å². The lowest BCUT2D eigenvalue weighted by molar-refractivity contribution is -0.141. The van der Waals surface area contributed by atoms with E-state index in [-0.39, 0.29) is 24.1 Å². The largest absolute Gasteiger partial charge is 0.433 e. The number of nitrogens with one attached hydrogen (secondary N) is 2. The SMILES string of the molecule is COCC(O)CNC(=O)c1ncc(-c2cc(C)cc(Nc3nccc(C(F)(F)F)n3)c2)s1. The van der Waals surface area contributed by atoms with Crippen LogP contribution in [0.2, 0.25) is 0 Å². The quantitative estimate of drug-likeness (QED) is 0.466. The van der Waals surface area contributed by atoms with Crippen LogP contribution in [0.3, 0.4) is 0 Å². The Morgan fingerprint density at radius 2 is 2.06 bits per heavy atom. The van der Waals surface area contributed by atoms with Crippen molar-refractivity contribution in [1.29, 1.82) is 0 Å². The molecule has 1 amide bonds. The summed E-state index contributed by atoms with van der Waals surface area (Å²) in [5, 5.41) is 15.2. The van der Waals surface area contributed by atoms with E-state index in [4.69, 9.17) is 4.74 Å². The molecule has 3 rings (SSSR count). The molecule has 1 aromatic carbocycles. The van der Waals surface area contributed by atoms with Crippen molar-refractivity contribution in [1.82, 2.24) is 20.3 Å². The van der Waals surface area contributed by atoms with E-state index < -0.39 is 23.9 Å². The summed E-state index contributed by atoms with van der Waals surface area (Å²) in [6.45, 7) is 1.95. The Hall–Kier alpha value is -3.09. The van der Waals surface area contributed by atoms with Gasteiger partial charge in [0.2, 0.25) is 5.95 Å². The predicted molar refractivity (Wildman–Crippen MR) is 113 cm³/mol. The van der Waals surface area contributed by atoms with Crippen molar-refractivity contribution in [3.8, 4) is 10.4 Å². The van der Waals surface area contributed by atoms with E-state index in [0.717, 1.165) is 34.7 Å². The van der Waals surface area contributed by atoms with E-state index in [1.165, 1.54) is 13.3 Å². The minimum atomic E-state index is -4.57. The number of carbonyl (C=O) groups excluding carboxylic acids is 1. The van der Waals surface area contributed by atoms with Crippen molar-refractivity contribution < 1.29 is 27.8 Å². The second-order valence-electron chi connectivity index (χ2n) is 6.82. The molecule has 2 heterocycles. The molecular formula is C20H20F3N5O3S. The fourth-order valence-corrected chi connectivity index (χ4v) is 3.57. The minimum absolute atomic E-state index is 0.0249. The molecule has 0 saturated heterocycles. The number of aryl methyl sites for hydroxylation is 1. The van der Waals surface area contributed by atoms with Crippen LogP contribution in [0.25, 0.3) is 10.4 Å². The average Bonchev–Trinajstić information content (AvgIpc) is 3.22. The third kappa shape index (κ3) is 6.22. The lowest BCUT2D eigenvalue weighted by atomic mass is 10.1. The molecule has 3 aromatic rings. The van der Waals surface area contributed by atoms with E-state index >= 15 is 0 Å². The highest BCUT2D eigenvalue weighted by atomic mass is 32.1. The van der Waals surface area contributed by atoms with Crippen LogP contribution in [0.5, 0.6) is 0 Å². The Morgan fingerprint density at radius 3 is 2.78 bits per heavy atom. The molecule has 32 heavy (non-hydrogen) atoms. The number of thiazole rings is 1. The second kappa shape index (κ2) is 10.0. The van der Waals surface area contributed by atoms with Crippen LogP contribution in [-0.2, 0) is 10.9 Å². The minimum Gasteiger partial charge on any atom is -0.389 e. The predicted octanol–water partition coefficient (Wildman–Crippen LogP) is 3.41. The summed E-state index contributed by atoms with van der Waals surface area (Å²) in [4.78, 5) is 24.4. The maximum Gasteiger partial charge on any atom is 0.433 e. The third-order valence-corrected chi connectivity index (χ3v) is 5.17. The van der Waals surface area contributed by atoms with Crippen molar-refractivity contribution in [2.45, 2.75) is 19.2 Å². The summed E-state index contributed by atoms with van der Waals surface area (Å²) in [6.07, 6.45) is -2.83. The smallest absolute Gasteiger partial charge is 0.389 e. The van der Waals surface area contributed by atoms with Crippen molar-refractivity contribution in [3.05, 3.63) is 52.9 Å². The van der Waals surface area contributed by atoms with Crippen LogP contribution in [0.1, 0.15) is 21.1 Å². The van der Waals surface area contributed by atoms with Gasteiger partial charge in [0.1, 0.15) is 5.69 Å². The van der Waals surface area contributed by atoms with Gasteiger partial charge in [0.15, 0.2) is 5.01 Å². The van der Waals surface area contributed by atoms with Crippen LogP contribution in [0.15, 0.2) is 36.7 Å². The van der Waals surface area contributed by atoms with Gasteiger partial charge in [-0.15, -0.1) is 11.3 Å². The van der Waals surface area contributed by atoms with Crippen molar-refractivity contribution in [2.24, 2.45) is 0 Å². The average molecular weight is 467 g/mol. The summed E-state index contributed by atoms with van der Waals surface area (Å²) in [7, 11) is 1.45. The molecule has 1 atom stereocenters. The Morgan fingerprint density at radius 1 is 1.28 bits per heavy atom. The fourth-order valence-electron chi connectivity index (χ4n) is 2.75. The number of hydrogen-bond acceptors (Lipinski definition) is 8. The number of halogens is 3. The number of amides is 1. The number of hydrogen-bond donors (Lipinski definition) is 3. The summed E-state index contributed by atoms with van der Waals surface area (Å²) in [5.41, 5.74) is 0.993. The second-order valence-corrected chi connectivity index (χ2v) is 7.86. The van der Waals surface area contributed by atoms with Crippen LogP contribution >= 0.6 is 11.3 Å². The monoisotopic (exact) mass is 467 g/mol. The lowest BCUT2D eigenvalue weighted by Crippen LogP contribution is -2.34. The van der Waals surface area contributed by atoms with Crippen LogP contribution in [0, 0.1) is 6.92 Å². The number of aliphatic hydroxyl groups excluding tert-OH is 1. The zero-order valence-corrected chi connectivity index (χ0v) is 17.9. The van der Waals surface area contributed by atoms with Gasteiger partial charge in [-0.05, 0) is 36.2 Å². The number of aromatic nitrogens is 3.